The molecule has 0 bridgehead atoms. The number of hydrogen-bond acceptors (Lipinski definition) is 4. The summed E-state index contributed by atoms with van der Waals surface area (Å²) >= 11 is 0. The van der Waals surface area contributed by atoms with Crippen molar-refractivity contribution in [3.8, 4) is 11.5 Å². The molecule has 2 aromatic carbocycles. The fourth-order valence-corrected chi connectivity index (χ4v) is 3.10. The Labute approximate surface area is 152 Å². The lowest BCUT2D eigenvalue weighted by Crippen LogP contribution is -2.17. The molecule has 134 valence electrons. The Morgan fingerprint density at radius 3 is 2.42 bits per heavy atom. The summed E-state index contributed by atoms with van der Waals surface area (Å²) in [6.45, 7) is 5.87. The Balaban J connectivity index is 1.58. The Hall–Kier alpha value is -2.95. The highest BCUT2D eigenvalue weighted by Gasteiger charge is 2.14. The molecular formula is C21H22N2O3. The summed E-state index contributed by atoms with van der Waals surface area (Å²) < 4.78 is 11.2. The highest BCUT2D eigenvalue weighted by molar-refractivity contribution is 5.83. The quantitative estimate of drug-likeness (QED) is 0.745. The minimum atomic E-state index is -0.0968. The summed E-state index contributed by atoms with van der Waals surface area (Å²) in [4.78, 5) is 15.3. The molecule has 0 saturated carbocycles. The zero-order chi connectivity index (χ0) is 18.1. The van der Waals surface area contributed by atoms with Crippen molar-refractivity contribution in [1.82, 2.24) is 4.98 Å². The van der Waals surface area contributed by atoms with Crippen molar-refractivity contribution in [3.05, 3.63) is 63.9 Å². The molecule has 3 aromatic rings. The van der Waals surface area contributed by atoms with Gasteiger partial charge in [-0.25, -0.2) is 0 Å². The maximum Gasteiger partial charge on any atom is 0.253 e. The fraction of sp³-hybridized carbons (Fsp3) is 0.286. The Kier molecular flexibility index (Phi) is 4.29. The zero-order valence-corrected chi connectivity index (χ0v) is 15.0. The summed E-state index contributed by atoms with van der Waals surface area (Å²) in [5, 5.41) is 4.25. The topological polar surface area (TPSA) is 63.4 Å². The van der Waals surface area contributed by atoms with Gasteiger partial charge in [-0.2, -0.15) is 0 Å². The fourth-order valence-electron chi connectivity index (χ4n) is 3.10. The van der Waals surface area contributed by atoms with Gasteiger partial charge in [0.15, 0.2) is 11.5 Å². The number of ether oxygens (including phenoxy) is 2. The van der Waals surface area contributed by atoms with Crippen LogP contribution in [0.4, 0.5) is 5.69 Å². The molecule has 2 N–H and O–H groups in total. The van der Waals surface area contributed by atoms with Crippen LogP contribution < -0.4 is 20.3 Å². The van der Waals surface area contributed by atoms with E-state index in [2.05, 4.69) is 36.3 Å². The summed E-state index contributed by atoms with van der Waals surface area (Å²) in [5.41, 5.74) is 3.63. The van der Waals surface area contributed by atoms with Crippen LogP contribution in [0.2, 0.25) is 0 Å². The van der Waals surface area contributed by atoms with E-state index in [4.69, 9.17) is 9.47 Å². The van der Waals surface area contributed by atoms with Gasteiger partial charge < -0.3 is 19.8 Å². The molecule has 26 heavy (non-hydrogen) atoms. The lowest BCUT2D eigenvalue weighted by atomic mass is 10.0. The van der Waals surface area contributed by atoms with E-state index < -0.39 is 0 Å². The van der Waals surface area contributed by atoms with Crippen molar-refractivity contribution in [1.29, 1.82) is 0 Å². The number of benzene rings is 2. The van der Waals surface area contributed by atoms with Crippen LogP contribution in [0.15, 0.2) is 47.3 Å². The molecule has 5 nitrogen and oxygen atoms in total. The van der Waals surface area contributed by atoms with Crippen molar-refractivity contribution in [3.63, 3.8) is 0 Å². The molecule has 0 aliphatic carbocycles. The van der Waals surface area contributed by atoms with E-state index in [-0.39, 0.29) is 5.56 Å². The van der Waals surface area contributed by atoms with E-state index in [0.717, 1.165) is 22.3 Å². The number of aromatic amines is 1. The average Bonchev–Trinajstić information content (AvgIpc) is 2.65. The summed E-state index contributed by atoms with van der Waals surface area (Å²) in [7, 11) is 0. The Morgan fingerprint density at radius 1 is 1.04 bits per heavy atom. The van der Waals surface area contributed by atoms with E-state index >= 15 is 0 Å². The van der Waals surface area contributed by atoms with Crippen molar-refractivity contribution in [2.75, 3.05) is 18.5 Å². The van der Waals surface area contributed by atoms with E-state index in [1.54, 1.807) is 0 Å². The van der Waals surface area contributed by atoms with E-state index in [0.29, 0.717) is 37.0 Å². The lowest BCUT2D eigenvalue weighted by Gasteiger charge is -2.19. The summed E-state index contributed by atoms with van der Waals surface area (Å²) in [6, 6.07) is 14.0. The van der Waals surface area contributed by atoms with Crippen LogP contribution in [0.25, 0.3) is 10.9 Å². The van der Waals surface area contributed by atoms with Gasteiger partial charge in [-0.3, -0.25) is 4.79 Å². The van der Waals surface area contributed by atoms with Crippen LogP contribution in [0.5, 0.6) is 11.5 Å². The van der Waals surface area contributed by atoms with Crippen LogP contribution >= 0.6 is 0 Å². The predicted octanol–water partition coefficient (Wildman–Crippen LogP) is 4.03. The number of nitrogens with one attached hydrogen (secondary N) is 2. The van der Waals surface area contributed by atoms with Crippen LogP contribution in [-0.2, 0) is 6.54 Å². The number of rotatable bonds is 4. The number of anilines is 1. The van der Waals surface area contributed by atoms with Gasteiger partial charge in [0.1, 0.15) is 13.2 Å². The van der Waals surface area contributed by atoms with Crippen molar-refractivity contribution >= 4 is 16.6 Å². The first-order chi connectivity index (χ1) is 12.6. The van der Waals surface area contributed by atoms with Gasteiger partial charge in [-0.15, -0.1) is 0 Å². The summed E-state index contributed by atoms with van der Waals surface area (Å²) in [6.07, 6.45) is 0. The first-order valence-electron chi connectivity index (χ1n) is 8.89. The molecule has 0 atom stereocenters. The molecular weight excluding hydrogens is 328 g/mol. The van der Waals surface area contributed by atoms with Gasteiger partial charge >= 0.3 is 0 Å². The van der Waals surface area contributed by atoms with Gasteiger partial charge in [0.05, 0.1) is 5.52 Å². The molecule has 1 aromatic heterocycles. The van der Waals surface area contributed by atoms with E-state index in [1.165, 1.54) is 5.56 Å². The number of pyridine rings is 1. The van der Waals surface area contributed by atoms with Gasteiger partial charge in [0.25, 0.3) is 5.56 Å². The number of hydrogen-bond donors (Lipinski definition) is 2. The maximum atomic E-state index is 12.4. The molecule has 1 aliphatic heterocycles. The normalized spacial score (nSPS) is 13.2. The third-order valence-electron chi connectivity index (χ3n) is 4.64. The van der Waals surface area contributed by atoms with Crippen molar-refractivity contribution in [2.24, 2.45) is 0 Å². The van der Waals surface area contributed by atoms with Gasteiger partial charge in [0.2, 0.25) is 0 Å². The minimum absolute atomic E-state index is 0.0968. The lowest BCUT2D eigenvalue weighted by molar-refractivity contribution is 0.172. The van der Waals surface area contributed by atoms with Crippen LogP contribution in [0, 0.1) is 0 Å². The average molecular weight is 350 g/mol. The van der Waals surface area contributed by atoms with Gasteiger partial charge in [-0.05, 0) is 35.7 Å². The second-order valence-electron chi connectivity index (χ2n) is 6.84. The molecule has 0 saturated heterocycles. The number of aromatic nitrogens is 1. The molecule has 0 amide bonds. The molecule has 0 fully saturated rings. The second kappa shape index (κ2) is 6.75. The second-order valence-corrected chi connectivity index (χ2v) is 6.84. The summed E-state index contributed by atoms with van der Waals surface area (Å²) in [5.74, 6) is 1.90. The SMILES string of the molecule is CC(C)c1ccc(NCc2cc3cc4c(cc3[nH]c2=O)OCCO4)cc1. The predicted molar refractivity (Wildman–Crippen MR) is 103 cm³/mol. The standard InChI is InChI=1S/C21H22N2O3/c1-13(2)14-3-5-17(6-4-14)22-12-16-9-15-10-19-20(26-8-7-25-19)11-18(15)23-21(16)24/h3-6,9-11,13,22H,7-8,12H2,1-2H3,(H,23,24). The van der Waals surface area contributed by atoms with E-state index in [1.807, 2.05) is 30.3 Å². The number of fused-ring (bicyclic) bond motifs is 2. The third-order valence-corrected chi connectivity index (χ3v) is 4.64. The first-order valence-corrected chi connectivity index (χ1v) is 8.89. The van der Waals surface area contributed by atoms with E-state index in [9.17, 15) is 4.79 Å². The number of H-pyrrole nitrogens is 1. The largest absolute Gasteiger partial charge is 0.486 e. The third kappa shape index (κ3) is 3.25. The zero-order valence-electron chi connectivity index (χ0n) is 15.0. The molecule has 4 rings (SSSR count). The van der Waals surface area contributed by atoms with Crippen LogP contribution in [0.1, 0.15) is 30.9 Å². The molecule has 5 heteroatoms. The molecule has 0 unspecified atom stereocenters. The van der Waals surface area contributed by atoms with Crippen LogP contribution in [-0.4, -0.2) is 18.2 Å². The first kappa shape index (κ1) is 16.5. The van der Waals surface area contributed by atoms with Gasteiger partial charge in [0, 0.05) is 29.2 Å². The van der Waals surface area contributed by atoms with Crippen molar-refractivity contribution in [2.45, 2.75) is 26.3 Å². The minimum Gasteiger partial charge on any atom is -0.486 e. The molecule has 0 radical (unpaired) electrons. The Morgan fingerprint density at radius 2 is 1.73 bits per heavy atom. The molecule has 0 spiro atoms. The van der Waals surface area contributed by atoms with Gasteiger partial charge in [-0.1, -0.05) is 26.0 Å². The molecule has 1 aliphatic rings. The maximum absolute atomic E-state index is 12.4. The highest BCUT2D eigenvalue weighted by atomic mass is 16.6. The highest BCUT2D eigenvalue weighted by Crippen LogP contribution is 2.33. The smallest absolute Gasteiger partial charge is 0.253 e. The Bertz CT molecular complexity index is 991. The monoisotopic (exact) mass is 350 g/mol. The van der Waals surface area contributed by atoms with Crippen LogP contribution in [0.3, 0.4) is 0 Å². The molecule has 2 heterocycles. The van der Waals surface area contributed by atoms with Crippen molar-refractivity contribution < 1.29 is 9.47 Å².